The highest BCUT2D eigenvalue weighted by atomic mass is 16.6. The highest BCUT2D eigenvalue weighted by molar-refractivity contribution is 5.47. The molecule has 0 aliphatic heterocycles. The second-order valence-electron chi connectivity index (χ2n) is 6.22. The Balaban J connectivity index is 1.37. The summed E-state index contributed by atoms with van der Waals surface area (Å²) in [6, 6.07) is 16.3. The SMILES string of the molecule is C=Cc1ccc(COCCOCCOCCOCc2ccc(C=C)cc2)cc1. The average molecular weight is 382 g/mol. The third-order valence-corrected chi connectivity index (χ3v) is 4.08. The van der Waals surface area contributed by atoms with Gasteiger partial charge in [-0.2, -0.15) is 0 Å². The fourth-order valence-corrected chi connectivity index (χ4v) is 2.44. The Morgan fingerprint density at radius 3 is 1.14 bits per heavy atom. The van der Waals surface area contributed by atoms with Crippen molar-refractivity contribution >= 4 is 12.2 Å². The summed E-state index contributed by atoms with van der Waals surface area (Å²) in [5.74, 6) is 0. The number of hydrogen-bond donors (Lipinski definition) is 0. The molecule has 0 bridgehead atoms. The highest BCUT2D eigenvalue weighted by Crippen LogP contribution is 2.07. The summed E-state index contributed by atoms with van der Waals surface area (Å²) in [6.45, 7) is 12.0. The van der Waals surface area contributed by atoms with Gasteiger partial charge in [-0.25, -0.2) is 0 Å². The fourth-order valence-electron chi connectivity index (χ4n) is 2.44. The van der Waals surface area contributed by atoms with Gasteiger partial charge in [0, 0.05) is 0 Å². The zero-order chi connectivity index (χ0) is 19.9. The topological polar surface area (TPSA) is 36.9 Å². The third-order valence-electron chi connectivity index (χ3n) is 4.08. The maximum Gasteiger partial charge on any atom is 0.0718 e. The van der Waals surface area contributed by atoms with Gasteiger partial charge in [0.25, 0.3) is 0 Å². The van der Waals surface area contributed by atoms with E-state index in [-0.39, 0.29) is 0 Å². The minimum atomic E-state index is 0.556. The van der Waals surface area contributed by atoms with Gasteiger partial charge in [-0.3, -0.25) is 0 Å². The quantitative estimate of drug-likeness (QED) is 0.417. The smallest absolute Gasteiger partial charge is 0.0718 e. The lowest BCUT2D eigenvalue weighted by Gasteiger charge is -2.08. The van der Waals surface area contributed by atoms with E-state index in [9.17, 15) is 0 Å². The van der Waals surface area contributed by atoms with Gasteiger partial charge in [0.15, 0.2) is 0 Å². The summed E-state index contributed by atoms with van der Waals surface area (Å²) in [4.78, 5) is 0. The van der Waals surface area contributed by atoms with Crippen LogP contribution in [0.25, 0.3) is 12.2 Å². The first-order chi connectivity index (χ1) is 13.8. The van der Waals surface area contributed by atoms with Gasteiger partial charge < -0.3 is 18.9 Å². The summed E-state index contributed by atoms with van der Waals surface area (Å²) >= 11 is 0. The Morgan fingerprint density at radius 2 is 0.821 bits per heavy atom. The molecule has 4 nitrogen and oxygen atoms in total. The van der Waals surface area contributed by atoms with Crippen LogP contribution in [0.1, 0.15) is 22.3 Å². The maximum absolute atomic E-state index is 5.59. The van der Waals surface area contributed by atoms with Gasteiger partial charge in [0.2, 0.25) is 0 Å². The molecular formula is C24H30O4. The molecular weight excluding hydrogens is 352 g/mol. The summed E-state index contributed by atoms with van der Waals surface area (Å²) in [5.41, 5.74) is 4.51. The average Bonchev–Trinajstić information content (AvgIpc) is 2.75. The first kappa shape index (κ1) is 22.1. The van der Waals surface area contributed by atoms with Crippen LogP contribution in [0.2, 0.25) is 0 Å². The molecule has 0 atom stereocenters. The van der Waals surface area contributed by atoms with Crippen molar-refractivity contribution in [1.29, 1.82) is 0 Å². The molecule has 0 aromatic heterocycles. The van der Waals surface area contributed by atoms with Gasteiger partial charge in [-0.05, 0) is 22.3 Å². The van der Waals surface area contributed by atoms with Crippen LogP contribution < -0.4 is 0 Å². The van der Waals surface area contributed by atoms with E-state index < -0.39 is 0 Å². The Bertz CT molecular complexity index is 615. The Kier molecular flexibility index (Phi) is 10.9. The van der Waals surface area contributed by atoms with Crippen molar-refractivity contribution in [3.05, 3.63) is 83.9 Å². The molecule has 2 aromatic carbocycles. The van der Waals surface area contributed by atoms with E-state index in [1.165, 1.54) is 0 Å². The summed E-state index contributed by atoms with van der Waals surface area (Å²) in [7, 11) is 0. The van der Waals surface area contributed by atoms with E-state index in [0.29, 0.717) is 52.9 Å². The van der Waals surface area contributed by atoms with Crippen molar-refractivity contribution in [2.45, 2.75) is 13.2 Å². The van der Waals surface area contributed by atoms with Crippen molar-refractivity contribution in [2.75, 3.05) is 39.6 Å². The van der Waals surface area contributed by atoms with Gasteiger partial charge in [0.05, 0.1) is 52.9 Å². The van der Waals surface area contributed by atoms with Crippen molar-refractivity contribution < 1.29 is 18.9 Å². The second-order valence-corrected chi connectivity index (χ2v) is 6.22. The van der Waals surface area contributed by atoms with Gasteiger partial charge in [-0.15, -0.1) is 0 Å². The van der Waals surface area contributed by atoms with Crippen LogP contribution in [0.15, 0.2) is 61.7 Å². The monoisotopic (exact) mass is 382 g/mol. The summed E-state index contributed by atoms with van der Waals surface area (Å²) < 4.78 is 22.2. The molecule has 0 unspecified atom stereocenters. The van der Waals surface area contributed by atoms with E-state index in [2.05, 4.69) is 13.2 Å². The highest BCUT2D eigenvalue weighted by Gasteiger charge is 1.96. The second kappa shape index (κ2) is 13.9. The van der Waals surface area contributed by atoms with Crippen LogP contribution in [-0.2, 0) is 32.2 Å². The van der Waals surface area contributed by atoms with Crippen LogP contribution in [-0.4, -0.2) is 39.6 Å². The minimum absolute atomic E-state index is 0.556. The Hall–Kier alpha value is -2.24. The Morgan fingerprint density at radius 1 is 0.500 bits per heavy atom. The molecule has 0 heterocycles. The van der Waals surface area contributed by atoms with Crippen molar-refractivity contribution in [2.24, 2.45) is 0 Å². The van der Waals surface area contributed by atoms with Crippen molar-refractivity contribution in [1.82, 2.24) is 0 Å². The lowest BCUT2D eigenvalue weighted by molar-refractivity contribution is -0.00618. The maximum atomic E-state index is 5.59. The number of benzene rings is 2. The molecule has 0 amide bonds. The van der Waals surface area contributed by atoms with Crippen molar-refractivity contribution in [3.8, 4) is 0 Å². The molecule has 150 valence electrons. The molecule has 0 fully saturated rings. The van der Waals surface area contributed by atoms with Crippen LogP contribution in [0.4, 0.5) is 0 Å². The predicted molar refractivity (Wildman–Crippen MR) is 114 cm³/mol. The first-order valence-corrected chi connectivity index (χ1v) is 9.55. The van der Waals surface area contributed by atoms with Crippen LogP contribution in [0, 0.1) is 0 Å². The molecule has 0 aliphatic rings. The zero-order valence-corrected chi connectivity index (χ0v) is 16.5. The van der Waals surface area contributed by atoms with Crippen LogP contribution >= 0.6 is 0 Å². The van der Waals surface area contributed by atoms with E-state index in [0.717, 1.165) is 22.3 Å². The molecule has 0 radical (unpaired) electrons. The molecule has 2 rings (SSSR count). The molecule has 4 heteroatoms. The van der Waals surface area contributed by atoms with E-state index in [4.69, 9.17) is 18.9 Å². The molecule has 0 spiro atoms. The predicted octanol–water partition coefficient (Wildman–Crippen LogP) is 4.74. The van der Waals surface area contributed by atoms with Gasteiger partial charge >= 0.3 is 0 Å². The van der Waals surface area contributed by atoms with E-state index >= 15 is 0 Å². The van der Waals surface area contributed by atoms with E-state index in [1.807, 2.05) is 60.7 Å². The third kappa shape index (κ3) is 9.11. The number of hydrogen-bond acceptors (Lipinski definition) is 4. The number of ether oxygens (including phenoxy) is 4. The molecule has 0 aliphatic carbocycles. The lowest BCUT2D eigenvalue weighted by atomic mass is 10.1. The Labute approximate surface area is 168 Å². The van der Waals surface area contributed by atoms with Gasteiger partial charge in [0.1, 0.15) is 0 Å². The normalized spacial score (nSPS) is 10.7. The molecule has 28 heavy (non-hydrogen) atoms. The molecule has 2 aromatic rings. The molecule has 0 saturated carbocycles. The number of rotatable bonds is 15. The zero-order valence-electron chi connectivity index (χ0n) is 16.5. The van der Waals surface area contributed by atoms with Crippen LogP contribution in [0.5, 0.6) is 0 Å². The summed E-state index contributed by atoms with van der Waals surface area (Å²) in [6.07, 6.45) is 3.66. The minimum Gasteiger partial charge on any atom is -0.377 e. The molecule has 0 saturated heterocycles. The van der Waals surface area contributed by atoms with Crippen molar-refractivity contribution in [3.63, 3.8) is 0 Å². The summed E-state index contributed by atoms with van der Waals surface area (Å²) in [5, 5.41) is 0. The largest absolute Gasteiger partial charge is 0.377 e. The fraction of sp³-hybridized carbons (Fsp3) is 0.333. The lowest BCUT2D eigenvalue weighted by Crippen LogP contribution is -2.11. The van der Waals surface area contributed by atoms with Crippen LogP contribution in [0.3, 0.4) is 0 Å². The first-order valence-electron chi connectivity index (χ1n) is 9.55. The van der Waals surface area contributed by atoms with E-state index in [1.54, 1.807) is 0 Å². The van der Waals surface area contributed by atoms with Gasteiger partial charge in [-0.1, -0.05) is 73.8 Å². The standard InChI is InChI=1S/C24H30O4/c1-3-21-5-9-23(10-6-21)19-27-17-15-25-13-14-26-16-18-28-20-24-11-7-22(4-2)8-12-24/h3-12H,1-2,13-20H2. The molecule has 0 N–H and O–H groups in total.